The molecule has 1 fully saturated rings. The molecule has 1 aliphatic carbocycles. The maximum Gasteiger partial charge on any atom is 0.316 e. The predicted molar refractivity (Wildman–Crippen MR) is 89.6 cm³/mol. The summed E-state index contributed by atoms with van der Waals surface area (Å²) < 4.78 is 0. The molecule has 0 saturated heterocycles. The van der Waals surface area contributed by atoms with E-state index in [2.05, 4.69) is 10.6 Å². The third kappa shape index (κ3) is 4.71. The van der Waals surface area contributed by atoms with Crippen LogP contribution in [-0.2, 0) is 9.59 Å². The number of rotatable bonds is 6. The second-order valence-electron chi connectivity index (χ2n) is 6.14. The van der Waals surface area contributed by atoms with Gasteiger partial charge in [-0.25, -0.2) is 4.79 Å². The molecule has 24 heavy (non-hydrogen) atoms. The van der Waals surface area contributed by atoms with Gasteiger partial charge in [0.1, 0.15) is 0 Å². The summed E-state index contributed by atoms with van der Waals surface area (Å²) in [5, 5.41) is 5.13. The van der Waals surface area contributed by atoms with Crippen LogP contribution in [0.4, 0.5) is 4.79 Å². The van der Waals surface area contributed by atoms with Crippen molar-refractivity contribution in [3.8, 4) is 0 Å². The van der Waals surface area contributed by atoms with Gasteiger partial charge in [-0.3, -0.25) is 9.59 Å². The van der Waals surface area contributed by atoms with E-state index in [0.29, 0.717) is 5.92 Å². The Kier molecular flexibility index (Phi) is 6.17. The molecule has 0 bridgehead atoms. The number of primary amides is 2. The number of hydrogen-bond acceptors (Lipinski definition) is 3. The van der Waals surface area contributed by atoms with Crippen LogP contribution in [0.1, 0.15) is 43.7 Å². The SMILES string of the molecule is NC(=O)C(NC(=O)N[C@H](c1ccccc1)C1CCCCC1)C(N)=O. The Balaban J connectivity index is 2.11. The van der Waals surface area contributed by atoms with Crippen LogP contribution in [0, 0.1) is 5.92 Å². The first-order valence-corrected chi connectivity index (χ1v) is 8.19. The standard InChI is InChI=1S/C17H24N4O3/c18-15(22)14(16(19)23)21-17(24)20-13(11-7-3-1-4-8-11)12-9-5-2-6-10-12/h1,3-4,7-8,12-14H,2,5-6,9-10H2,(H2,18,22)(H2,19,23)(H2,20,21,24)/t13-/m1/s1. The van der Waals surface area contributed by atoms with Crippen molar-refractivity contribution < 1.29 is 14.4 Å². The van der Waals surface area contributed by atoms with Gasteiger partial charge in [0.05, 0.1) is 6.04 Å². The molecule has 7 heteroatoms. The van der Waals surface area contributed by atoms with E-state index in [9.17, 15) is 14.4 Å². The van der Waals surface area contributed by atoms with Gasteiger partial charge in [-0.1, -0.05) is 49.6 Å². The first kappa shape index (κ1) is 17.8. The summed E-state index contributed by atoms with van der Waals surface area (Å²) in [6.45, 7) is 0. The monoisotopic (exact) mass is 332 g/mol. The Morgan fingerprint density at radius 2 is 1.50 bits per heavy atom. The Labute approximate surface area is 141 Å². The van der Waals surface area contributed by atoms with E-state index >= 15 is 0 Å². The van der Waals surface area contributed by atoms with Crippen LogP contribution in [0.2, 0.25) is 0 Å². The molecule has 0 heterocycles. The summed E-state index contributed by atoms with van der Waals surface area (Å²) in [5.41, 5.74) is 11.2. The van der Waals surface area contributed by atoms with Crippen molar-refractivity contribution in [2.24, 2.45) is 17.4 Å². The summed E-state index contributed by atoms with van der Waals surface area (Å²) in [7, 11) is 0. The minimum absolute atomic E-state index is 0.187. The number of benzene rings is 1. The molecule has 7 nitrogen and oxygen atoms in total. The second kappa shape index (κ2) is 8.33. The molecule has 6 N–H and O–H groups in total. The lowest BCUT2D eigenvalue weighted by molar-refractivity contribution is -0.128. The molecular weight excluding hydrogens is 308 g/mol. The van der Waals surface area contributed by atoms with Gasteiger partial charge in [0.2, 0.25) is 11.8 Å². The van der Waals surface area contributed by atoms with Crippen LogP contribution in [0.3, 0.4) is 0 Å². The molecule has 1 aliphatic rings. The number of carbonyl (C=O) groups is 3. The average Bonchev–Trinajstić information content (AvgIpc) is 2.58. The van der Waals surface area contributed by atoms with E-state index in [1.54, 1.807) is 0 Å². The fourth-order valence-electron chi connectivity index (χ4n) is 3.20. The fraction of sp³-hybridized carbons (Fsp3) is 0.471. The summed E-state index contributed by atoms with van der Waals surface area (Å²) >= 11 is 0. The maximum atomic E-state index is 12.3. The van der Waals surface area contributed by atoms with Crippen LogP contribution in [0.25, 0.3) is 0 Å². The van der Waals surface area contributed by atoms with Crippen molar-refractivity contribution in [3.63, 3.8) is 0 Å². The molecule has 0 aliphatic heterocycles. The maximum absolute atomic E-state index is 12.3. The summed E-state index contributed by atoms with van der Waals surface area (Å²) in [6.07, 6.45) is 5.50. The lowest BCUT2D eigenvalue weighted by Crippen LogP contribution is -2.55. The Morgan fingerprint density at radius 3 is 2.04 bits per heavy atom. The average molecular weight is 332 g/mol. The van der Waals surface area contributed by atoms with Gasteiger partial charge in [-0.15, -0.1) is 0 Å². The highest BCUT2D eigenvalue weighted by Crippen LogP contribution is 2.34. The summed E-state index contributed by atoms with van der Waals surface area (Å²) in [5.74, 6) is -1.65. The lowest BCUT2D eigenvalue weighted by atomic mass is 9.81. The lowest BCUT2D eigenvalue weighted by Gasteiger charge is -2.31. The molecule has 0 radical (unpaired) electrons. The molecule has 1 aromatic rings. The number of nitrogens with two attached hydrogens (primary N) is 2. The van der Waals surface area contributed by atoms with Gasteiger partial charge in [-0.05, 0) is 24.3 Å². The normalized spacial score (nSPS) is 16.4. The zero-order valence-electron chi connectivity index (χ0n) is 13.5. The Hall–Kier alpha value is -2.57. The molecule has 130 valence electrons. The topological polar surface area (TPSA) is 127 Å². The van der Waals surface area contributed by atoms with Crippen LogP contribution >= 0.6 is 0 Å². The number of carbonyl (C=O) groups excluding carboxylic acids is 3. The van der Waals surface area contributed by atoms with Crippen molar-refractivity contribution in [2.45, 2.75) is 44.2 Å². The van der Waals surface area contributed by atoms with Crippen LogP contribution in [0.15, 0.2) is 30.3 Å². The molecule has 0 aromatic heterocycles. The molecule has 1 saturated carbocycles. The fourth-order valence-corrected chi connectivity index (χ4v) is 3.20. The van der Waals surface area contributed by atoms with E-state index < -0.39 is 23.9 Å². The highest BCUT2D eigenvalue weighted by molar-refractivity contribution is 6.05. The van der Waals surface area contributed by atoms with Crippen LogP contribution in [-0.4, -0.2) is 23.9 Å². The molecular formula is C17H24N4O3. The molecule has 0 spiro atoms. The van der Waals surface area contributed by atoms with Crippen LogP contribution < -0.4 is 22.1 Å². The van der Waals surface area contributed by atoms with Gasteiger partial charge in [0.15, 0.2) is 6.04 Å². The molecule has 1 aromatic carbocycles. The molecule has 2 rings (SSSR count). The van der Waals surface area contributed by atoms with Crippen molar-refractivity contribution in [1.82, 2.24) is 10.6 Å². The minimum atomic E-state index is -1.52. The van der Waals surface area contributed by atoms with E-state index in [4.69, 9.17) is 11.5 Å². The Morgan fingerprint density at radius 1 is 0.917 bits per heavy atom. The predicted octanol–water partition coefficient (Wildman–Crippen LogP) is 0.946. The van der Waals surface area contributed by atoms with Gasteiger partial charge >= 0.3 is 6.03 Å². The number of urea groups is 1. The van der Waals surface area contributed by atoms with E-state index in [1.165, 1.54) is 6.42 Å². The van der Waals surface area contributed by atoms with E-state index in [-0.39, 0.29) is 6.04 Å². The van der Waals surface area contributed by atoms with Crippen molar-refractivity contribution in [1.29, 1.82) is 0 Å². The molecule has 4 amide bonds. The van der Waals surface area contributed by atoms with Gasteiger partial charge in [-0.2, -0.15) is 0 Å². The van der Waals surface area contributed by atoms with Crippen LogP contribution in [0.5, 0.6) is 0 Å². The number of hydrogen-bond donors (Lipinski definition) is 4. The van der Waals surface area contributed by atoms with E-state index in [1.807, 2.05) is 30.3 Å². The Bertz CT molecular complexity index is 571. The van der Waals surface area contributed by atoms with Crippen molar-refractivity contribution in [3.05, 3.63) is 35.9 Å². The zero-order valence-corrected chi connectivity index (χ0v) is 13.5. The third-order valence-corrected chi connectivity index (χ3v) is 4.41. The molecule has 1 atom stereocenters. The first-order valence-electron chi connectivity index (χ1n) is 8.19. The molecule has 0 unspecified atom stereocenters. The highest BCUT2D eigenvalue weighted by Gasteiger charge is 2.29. The van der Waals surface area contributed by atoms with Crippen molar-refractivity contribution >= 4 is 17.8 Å². The largest absolute Gasteiger partial charge is 0.367 e. The van der Waals surface area contributed by atoms with Gasteiger partial charge < -0.3 is 22.1 Å². The zero-order chi connectivity index (χ0) is 17.5. The van der Waals surface area contributed by atoms with Crippen molar-refractivity contribution in [2.75, 3.05) is 0 Å². The smallest absolute Gasteiger partial charge is 0.316 e. The third-order valence-electron chi connectivity index (χ3n) is 4.41. The van der Waals surface area contributed by atoms with E-state index in [0.717, 1.165) is 31.2 Å². The minimum Gasteiger partial charge on any atom is -0.367 e. The summed E-state index contributed by atoms with van der Waals surface area (Å²) in [6, 6.07) is 7.33. The second-order valence-corrected chi connectivity index (χ2v) is 6.14. The number of nitrogens with one attached hydrogen (secondary N) is 2. The van der Waals surface area contributed by atoms with Gasteiger partial charge in [0, 0.05) is 0 Å². The number of amides is 4. The summed E-state index contributed by atoms with van der Waals surface area (Å²) in [4.78, 5) is 34.7. The highest BCUT2D eigenvalue weighted by atomic mass is 16.2. The quantitative estimate of drug-likeness (QED) is 0.579. The first-order chi connectivity index (χ1) is 11.5. The van der Waals surface area contributed by atoms with Gasteiger partial charge in [0.25, 0.3) is 0 Å².